The monoisotopic (exact) mass is 314 g/mol. The van der Waals surface area contributed by atoms with Crippen LogP contribution in [0.15, 0.2) is 17.2 Å². The molecule has 2 rings (SSSR count). The van der Waals surface area contributed by atoms with Gasteiger partial charge in [0.2, 0.25) is 5.91 Å². The number of rotatable bonds is 5. The fourth-order valence-electron chi connectivity index (χ4n) is 2.52. The zero-order valence-electron chi connectivity index (χ0n) is 12.5. The lowest BCUT2D eigenvalue weighted by atomic mass is 9.93. The van der Waals surface area contributed by atoms with Crippen molar-refractivity contribution in [3.8, 4) is 0 Å². The molecule has 0 aliphatic carbocycles. The van der Waals surface area contributed by atoms with Crippen molar-refractivity contribution in [2.75, 3.05) is 24.5 Å². The lowest BCUT2D eigenvalue weighted by Gasteiger charge is -2.32. The molecule has 1 aliphatic heterocycles. The summed E-state index contributed by atoms with van der Waals surface area (Å²) >= 11 is 0. The highest BCUT2D eigenvalue weighted by molar-refractivity contribution is 5.76. The van der Waals surface area contributed by atoms with Gasteiger partial charge in [0.25, 0.3) is 12.0 Å². The summed E-state index contributed by atoms with van der Waals surface area (Å²) in [4.78, 5) is 29.4. The number of carbonyl (C=O) groups excluding carboxylic acids is 1. The Bertz CT molecular complexity index is 568. The molecular formula is C14H20F2N4O2. The number of nitrogens with zero attached hydrogens (tertiary/aromatic N) is 3. The molecule has 6 nitrogen and oxygen atoms in total. The molecule has 0 aromatic carbocycles. The van der Waals surface area contributed by atoms with Crippen LogP contribution in [-0.4, -0.2) is 41.5 Å². The van der Waals surface area contributed by atoms with Crippen LogP contribution in [0, 0.1) is 5.92 Å². The molecule has 2 heterocycles. The van der Waals surface area contributed by atoms with Crippen molar-refractivity contribution in [3.63, 3.8) is 0 Å². The lowest BCUT2D eigenvalue weighted by molar-refractivity contribution is -0.122. The Hall–Kier alpha value is -1.99. The molecule has 1 aliphatic rings. The summed E-state index contributed by atoms with van der Waals surface area (Å²) < 4.78 is 25.4. The minimum Gasteiger partial charge on any atom is -0.356 e. The standard InChI is InChI=1S/C14H20F2N4O2/c1-19-9-18-12(7-14(19)22)20-4-2-10(3-5-20)6-13(21)17-8-11(15)16/h7,9-11H,2-6,8H2,1H3,(H,17,21). The van der Waals surface area contributed by atoms with E-state index in [1.165, 1.54) is 17.0 Å². The number of nitrogens with one attached hydrogen (secondary N) is 1. The summed E-state index contributed by atoms with van der Waals surface area (Å²) in [5.74, 6) is 0.495. The van der Waals surface area contributed by atoms with E-state index in [9.17, 15) is 18.4 Å². The van der Waals surface area contributed by atoms with E-state index in [0.717, 1.165) is 12.8 Å². The summed E-state index contributed by atoms with van der Waals surface area (Å²) in [6, 6.07) is 1.50. The molecule has 1 saturated heterocycles. The number of anilines is 1. The SMILES string of the molecule is Cn1cnc(N2CCC(CC(=O)NCC(F)F)CC2)cc1=O. The van der Waals surface area contributed by atoms with Gasteiger partial charge in [0.15, 0.2) is 0 Å². The molecule has 8 heteroatoms. The van der Waals surface area contributed by atoms with Crippen LogP contribution in [0.2, 0.25) is 0 Å². The normalized spacial score (nSPS) is 16.1. The number of halogens is 2. The van der Waals surface area contributed by atoms with Crippen LogP contribution in [0.25, 0.3) is 0 Å². The fraction of sp³-hybridized carbons (Fsp3) is 0.643. The maximum Gasteiger partial charge on any atom is 0.255 e. The van der Waals surface area contributed by atoms with Gasteiger partial charge in [-0.3, -0.25) is 9.59 Å². The van der Waals surface area contributed by atoms with Crippen molar-refractivity contribution in [1.29, 1.82) is 0 Å². The highest BCUT2D eigenvalue weighted by Gasteiger charge is 2.22. The van der Waals surface area contributed by atoms with Gasteiger partial charge in [-0.1, -0.05) is 0 Å². The molecule has 122 valence electrons. The molecule has 1 fully saturated rings. The second-order valence-corrected chi connectivity index (χ2v) is 5.53. The Balaban J connectivity index is 1.81. The average Bonchev–Trinajstić information content (AvgIpc) is 2.49. The summed E-state index contributed by atoms with van der Waals surface area (Å²) in [5, 5.41) is 2.23. The maximum absolute atomic E-state index is 12.0. The van der Waals surface area contributed by atoms with Crippen LogP contribution in [0.1, 0.15) is 19.3 Å². The number of aromatic nitrogens is 2. The van der Waals surface area contributed by atoms with Crippen LogP contribution >= 0.6 is 0 Å². The minimum atomic E-state index is -2.52. The van der Waals surface area contributed by atoms with E-state index in [1.54, 1.807) is 7.05 Å². The van der Waals surface area contributed by atoms with Crippen molar-refractivity contribution in [2.45, 2.75) is 25.7 Å². The molecule has 1 aromatic heterocycles. The predicted octanol–water partition coefficient (Wildman–Crippen LogP) is 0.768. The van der Waals surface area contributed by atoms with E-state index in [2.05, 4.69) is 10.3 Å². The van der Waals surface area contributed by atoms with E-state index in [1.807, 2.05) is 4.90 Å². The topological polar surface area (TPSA) is 67.2 Å². The van der Waals surface area contributed by atoms with E-state index in [0.29, 0.717) is 18.9 Å². The van der Waals surface area contributed by atoms with E-state index in [-0.39, 0.29) is 23.8 Å². The number of carbonyl (C=O) groups is 1. The van der Waals surface area contributed by atoms with Gasteiger partial charge in [0.1, 0.15) is 5.82 Å². The van der Waals surface area contributed by atoms with Gasteiger partial charge in [-0.25, -0.2) is 13.8 Å². The first kappa shape index (κ1) is 16.4. The summed E-state index contributed by atoms with van der Waals surface area (Å²) in [6.07, 6.45) is 0.793. The van der Waals surface area contributed by atoms with Gasteiger partial charge in [0.05, 0.1) is 12.9 Å². The van der Waals surface area contributed by atoms with Crippen molar-refractivity contribution in [1.82, 2.24) is 14.9 Å². The Labute approximate surface area is 127 Å². The van der Waals surface area contributed by atoms with Crippen molar-refractivity contribution in [2.24, 2.45) is 13.0 Å². The molecule has 0 atom stereocenters. The molecule has 0 saturated carbocycles. The Kier molecular flexibility index (Phi) is 5.46. The van der Waals surface area contributed by atoms with Crippen LogP contribution in [0.4, 0.5) is 14.6 Å². The first-order valence-corrected chi connectivity index (χ1v) is 7.28. The van der Waals surface area contributed by atoms with Gasteiger partial charge in [-0.2, -0.15) is 0 Å². The predicted molar refractivity (Wildman–Crippen MR) is 78.0 cm³/mol. The third kappa shape index (κ3) is 4.51. The second-order valence-electron chi connectivity index (χ2n) is 5.53. The summed E-state index contributed by atoms with van der Waals surface area (Å²) in [6.45, 7) is 0.814. The van der Waals surface area contributed by atoms with Crippen LogP contribution in [-0.2, 0) is 11.8 Å². The second kappa shape index (κ2) is 7.33. The lowest BCUT2D eigenvalue weighted by Crippen LogP contribution is -2.37. The van der Waals surface area contributed by atoms with Crippen molar-refractivity contribution < 1.29 is 13.6 Å². The molecule has 0 radical (unpaired) electrons. The third-order valence-electron chi connectivity index (χ3n) is 3.83. The quantitative estimate of drug-likeness (QED) is 0.872. The van der Waals surface area contributed by atoms with Crippen molar-refractivity contribution >= 4 is 11.7 Å². The Morgan fingerprint density at radius 2 is 2.14 bits per heavy atom. The number of piperidine rings is 1. The molecule has 1 amide bonds. The van der Waals surface area contributed by atoms with E-state index in [4.69, 9.17) is 0 Å². The van der Waals surface area contributed by atoms with Crippen molar-refractivity contribution in [3.05, 3.63) is 22.7 Å². The fourth-order valence-corrected chi connectivity index (χ4v) is 2.52. The van der Waals surface area contributed by atoms with Gasteiger partial charge in [-0.05, 0) is 18.8 Å². The summed E-state index contributed by atoms with van der Waals surface area (Å²) in [5.41, 5.74) is -0.112. The average molecular weight is 314 g/mol. The van der Waals surface area contributed by atoms with Gasteiger partial charge in [-0.15, -0.1) is 0 Å². The molecule has 0 unspecified atom stereocenters. The zero-order chi connectivity index (χ0) is 16.1. The molecule has 1 aromatic rings. The summed E-state index contributed by atoms with van der Waals surface area (Å²) in [7, 11) is 1.64. The smallest absolute Gasteiger partial charge is 0.255 e. The number of aryl methyl sites for hydroxylation is 1. The Morgan fingerprint density at radius 1 is 1.45 bits per heavy atom. The van der Waals surface area contributed by atoms with Crippen LogP contribution < -0.4 is 15.8 Å². The molecule has 0 bridgehead atoms. The first-order valence-electron chi connectivity index (χ1n) is 7.28. The first-order chi connectivity index (χ1) is 10.5. The number of alkyl halides is 2. The molecular weight excluding hydrogens is 294 g/mol. The molecule has 1 N–H and O–H groups in total. The minimum absolute atomic E-state index is 0.112. The third-order valence-corrected chi connectivity index (χ3v) is 3.83. The molecule has 0 spiro atoms. The van der Waals surface area contributed by atoms with E-state index < -0.39 is 13.0 Å². The van der Waals surface area contributed by atoms with Crippen LogP contribution in [0.5, 0.6) is 0 Å². The van der Waals surface area contributed by atoms with Crippen LogP contribution in [0.3, 0.4) is 0 Å². The van der Waals surface area contributed by atoms with Gasteiger partial charge >= 0.3 is 0 Å². The highest BCUT2D eigenvalue weighted by Crippen LogP contribution is 2.23. The number of amides is 1. The Morgan fingerprint density at radius 3 is 2.73 bits per heavy atom. The number of hydrogen-bond donors (Lipinski definition) is 1. The zero-order valence-corrected chi connectivity index (χ0v) is 12.5. The number of hydrogen-bond acceptors (Lipinski definition) is 4. The maximum atomic E-state index is 12.0. The largest absolute Gasteiger partial charge is 0.356 e. The van der Waals surface area contributed by atoms with E-state index >= 15 is 0 Å². The highest BCUT2D eigenvalue weighted by atomic mass is 19.3. The van der Waals surface area contributed by atoms with Gasteiger partial charge < -0.3 is 14.8 Å². The van der Waals surface area contributed by atoms with Gasteiger partial charge in [0, 0.05) is 32.6 Å². The molecule has 22 heavy (non-hydrogen) atoms.